The SMILES string of the molecule is COc1cc(OC)cc(C(=O)NC[C@H](c2ccc(N(C)C)cc2)[NH+](C)C)c1. The lowest BCUT2D eigenvalue weighted by atomic mass is 10.0. The fraction of sp³-hybridized carbons (Fsp3) is 0.381. The van der Waals surface area contributed by atoms with Crippen LogP contribution in [0, 0.1) is 0 Å². The molecular weight excluding hydrogens is 342 g/mol. The predicted molar refractivity (Wildman–Crippen MR) is 108 cm³/mol. The average Bonchev–Trinajstić information content (AvgIpc) is 2.67. The summed E-state index contributed by atoms with van der Waals surface area (Å²) >= 11 is 0. The molecule has 0 heterocycles. The van der Waals surface area contributed by atoms with Crippen LogP contribution in [0.25, 0.3) is 0 Å². The van der Waals surface area contributed by atoms with Crippen molar-refractivity contribution < 1.29 is 19.2 Å². The topological polar surface area (TPSA) is 55.2 Å². The number of rotatable bonds is 8. The number of nitrogens with one attached hydrogen (secondary N) is 2. The number of carbonyl (C=O) groups is 1. The molecule has 0 aliphatic heterocycles. The summed E-state index contributed by atoms with van der Waals surface area (Å²) in [4.78, 5) is 16.0. The standard InChI is InChI=1S/C21H29N3O3/c1-23(2)17-9-7-15(8-10-17)20(24(3)4)14-22-21(25)16-11-18(26-5)13-19(12-16)27-6/h7-13,20H,14H2,1-6H3,(H,22,25)/p+1/t20-/m1/s1. The van der Waals surface area contributed by atoms with Crippen molar-refractivity contribution >= 4 is 11.6 Å². The zero-order valence-corrected chi connectivity index (χ0v) is 17.0. The molecule has 0 saturated heterocycles. The largest absolute Gasteiger partial charge is 0.497 e. The van der Waals surface area contributed by atoms with Gasteiger partial charge >= 0.3 is 0 Å². The summed E-state index contributed by atoms with van der Waals surface area (Å²) < 4.78 is 10.5. The fourth-order valence-corrected chi connectivity index (χ4v) is 2.90. The highest BCUT2D eigenvalue weighted by atomic mass is 16.5. The van der Waals surface area contributed by atoms with E-state index in [-0.39, 0.29) is 11.9 Å². The number of benzene rings is 2. The molecule has 27 heavy (non-hydrogen) atoms. The highest BCUT2D eigenvalue weighted by Crippen LogP contribution is 2.22. The lowest BCUT2D eigenvalue weighted by Crippen LogP contribution is -3.07. The molecule has 6 heteroatoms. The van der Waals surface area contributed by atoms with Gasteiger partial charge in [-0.05, 0) is 24.3 Å². The lowest BCUT2D eigenvalue weighted by Gasteiger charge is -2.23. The van der Waals surface area contributed by atoms with E-state index in [2.05, 4.69) is 48.6 Å². The molecule has 2 N–H and O–H groups in total. The number of likely N-dealkylation sites (N-methyl/N-ethyl adjacent to an activating group) is 1. The van der Waals surface area contributed by atoms with Gasteiger partial charge in [-0.15, -0.1) is 0 Å². The first-order chi connectivity index (χ1) is 12.8. The first-order valence-corrected chi connectivity index (χ1v) is 8.94. The Hall–Kier alpha value is -2.73. The van der Waals surface area contributed by atoms with Gasteiger partial charge in [0.15, 0.2) is 0 Å². The molecule has 2 aromatic carbocycles. The van der Waals surface area contributed by atoms with Crippen molar-refractivity contribution in [2.45, 2.75) is 6.04 Å². The summed E-state index contributed by atoms with van der Waals surface area (Å²) in [6, 6.07) is 13.7. The van der Waals surface area contributed by atoms with E-state index in [1.165, 1.54) is 10.5 Å². The molecule has 2 aromatic rings. The second kappa shape index (κ2) is 9.28. The number of nitrogens with zero attached hydrogens (tertiary/aromatic N) is 1. The van der Waals surface area contributed by atoms with Crippen LogP contribution < -0.4 is 24.6 Å². The van der Waals surface area contributed by atoms with E-state index >= 15 is 0 Å². The second-order valence-electron chi connectivity index (χ2n) is 6.93. The van der Waals surface area contributed by atoms with E-state index < -0.39 is 0 Å². The third-order valence-electron chi connectivity index (χ3n) is 4.59. The summed E-state index contributed by atoms with van der Waals surface area (Å²) in [6.07, 6.45) is 0. The van der Waals surface area contributed by atoms with Crippen molar-refractivity contribution in [2.24, 2.45) is 0 Å². The van der Waals surface area contributed by atoms with Crippen molar-refractivity contribution in [1.29, 1.82) is 0 Å². The highest BCUT2D eigenvalue weighted by Gasteiger charge is 2.20. The van der Waals surface area contributed by atoms with E-state index in [0.29, 0.717) is 23.6 Å². The highest BCUT2D eigenvalue weighted by molar-refractivity contribution is 5.95. The van der Waals surface area contributed by atoms with Gasteiger partial charge in [-0.3, -0.25) is 4.79 Å². The Morgan fingerprint density at radius 1 is 1.04 bits per heavy atom. The minimum atomic E-state index is -0.150. The van der Waals surface area contributed by atoms with Crippen LogP contribution in [0.15, 0.2) is 42.5 Å². The molecule has 1 atom stereocenters. The number of anilines is 1. The van der Waals surface area contributed by atoms with Crippen molar-refractivity contribution in [3.63, 3.8) is 0 Å². The molecule has 0 radical (unpaired) electrons. The first kappa shape index (κ1) is 20.6. The number of carbonyl (C=O) groups excluding carboxylic acids is 1. The molecule has 0 unspecified atom stereocenters. The van der Waals surface area contributed by atoms with Gasteiger partial charge in [0.25, 0.3) is 5.91 Å². The summed E-state index contributed by atoms with van der Waals surface area (Å²) in [5.41, 5.74) is 2.85. The smallest absolute Gasteiger partial charge is 0.251 e. The summed E-state index contributed by atoms with van der Waals surface area (Å²) in [5, 5.41) is 3.04. The molecule has 2 rings (SSSR count). The van der Waals surface area contributed by atoms with Crippen LogP contribution >= 0.6 is 0 Å². The maximum atomic E-state index is 12.6. The molecular formula is C21H30N3O3+. The van der Waals surface area contributed by atoms with Crippen molar-refractivity contribution in [2.75, 3.05) is 53.9 Å². The predicted octanol–water partition coefficient (Wildman–Crippen LogP) is 1.39. The maximum Gasteiger partial charge on any atom is 0.251 e. The van der Waals surface area contributed by atoms with Gasteiger partial charge < -0.3 is 24.6 Å². The summed E-state index contributed by atoms with van der Waals surface area (Å²) in [5.74, 6) is 1.03. The van der Waals surface area contributed by atoms with Gasteiger partial charge in [-0.25, -0.2) is 0 Å². The van der Waals surface area contributed by atoms with Crippen LogP contribution in [0.3, 0.4) is 0 Å². The van der Waals surface area contributed by atoms with E-state index in [1.54, 1.807) is 32.4 Å². The minimum Gasteiger partial charge on any atom is -0.497 e. The van der Waals surface area contributed by atoms with E-state index in [1.807, 2.05) is 14.1 Å². The fourth-order valence-electron chi connectivity index (χ4n) is 2.90. The van der Waals surface area contributed by atoms with Gasteiger partial charge in [-0.1, -0.05) is 12.1 Å². The molecule has 0 fully saturated rings. The third kappa shape index (κ3) is 5.37. The number of amides is 1. The lowest BCUT2D eigenvalue weighted by molar-refractivity contribution is -0.890. The van der Waals surface area contributed by atoms with Crippen LogP contribution in [-0.4, -0.2) is 54.9 Å². The normalized spacial score (nSPS) is 11.8. The van der Waals surface area contributed by atoms with Crippen molar-refractivity contribution in [3.05, 3.63) is 53.6 Å². The van der Waals surface area contributed by atoms with Crippen LogP contribution in [0.1, 0.15) is 22.0 Å². The number of hydrogen-bond donors (Lipinski definition) is 2. The Kier molecular flexibility index (Phi) is 7.07. The zero-order valence-electron chi connectivity index (χ0n) is 17.0. The van der Waals surface area contributed by atoms with Gasteiger partial charge in [0.1, 0.15) is 17.5 Å². The average molecular weight is 372 g/mol. The Morgan fingerprint density at radius 2 is 1.59 bits per heavy atom. The van der Waals surface area contributed by atoms with E-state index in [0.717, 1.165) is 5.69 Å². The molecule has 6 nitrogen and oxygen atoms in total. The van der Waals surface area contributed by atoms with Gasteiger partial charge in [0, 0.05) is 37.0 Å². The van der Waals surface area contributed by atoms with Crippen LogP contribution in [-0.2, 0) is 0 Å². The Morgan fingerprint density at radius 3 is 2.04 bits per heavy atom. The van der Waals surface area contributed by atoms with E-state index in [9.17, 15) is 4.79 Å². The molecule has 1 amide bonds. The number of ether oxygens (including phenoxy) is 2. The molecule has 146 valence electrons. The first-order valence-electron chi connectivity index (χ1n) is 8.94. The van der Waals surface area contributed by atoms with Crippen molar-refractivity contribution in [1.82, 2.24) is 5.32 Å². The second-order valence-corrected chi connectivity index (χ2v) is 6.93. The maximum absolute atomic E-state index is 12.6. The molecule has 0 aromatic heterocycles. The molecule has 0 aliphatic rings. The number of quaternary nitrogens is 1. The number of methoxy groups -OCH3 is 2. The van der Waals surface area contributed by atoms with Gasteiger partial charge in [-0.2, -0.15) is 0 Å². The molecule has 0 aliphatic carbocycles. The third-order valence-corrected chi connectivity index (χ3v) is 4.59. The molecule has 0 spiro atoms. The number of hydrogen-bond acceptors (Lipinski definition) is 4. The zero-order chi connectivity index (χ0) is 20.0. The minimum absolute atomic E-state index is 0.150. The summed E-state index contributed by atoms with van der Waals surface area (Å²) in [6.45, 7) is 0.530. The van der Waals surface area contributed by atoms with Crippen molar-refractivity contribution in [3.8, 4) is 11.5 Å². The Balaban J connectivity index is 2.12. The molecule has 0 bridgehead atoms. The van der Waals surface area contributed by atoms with Crippen LogP contribution in [0.2, 0.25) is 0 Å². The Bertz CT molecular complexity index is 736. The van der Waals surface area contributed by atoms with Gasteiger partial charge in [0.05, 0.1) is 34.9 Å². The van der Waals surface area contributed by atoms with E-state index in [4.69, 9.17) is 9.47 Å². The van der Waals surface area contributed by atoms with Crippen LogP contribution in [0.5, 0.6) is 11.5 Å². The monoisotopic (exact) mass is 372 g/mol. The quantitative estimate of drug-likeness (QED) is 0.735. The summed E-state index contributed by atoms with van der Waals surface area (Å²) in [7, 11) is 11.4. The van der Waals surface area contributed by atoms with Crippen LogP contribution in [0.4, 0.5) is 5.69 Å². The Labute approximate surface area is 161 Å². The van der Waals surface area contributed by atoms with Gasteiger partial charge in [0.2, 0.25) is 0 Å². The molecule has 0 saturated carbocycles.